The first kappa shape index (κ1) is 39.8. The normalized spacial score (nSPS) is 28.0. The van der Waals surface area contributed by atoms with E-state index in [1.54, 1.807) is 0 Å². The second-order valence-corrected chi connectivity index (χ2v) is 12.9. The predicted molar refractivity (Wildman–Crippen MR) is 185 cm³/mol. The van der Waals surface area contributed by atoms with Crippen molar-refractivity contribution in [1.82, 2.24) is 0 Å². The minimum absolute atomic E-state index is 0.298. The van der Waals surface area contributed by atoms with Crippen molar-refractivity contribution in [3.05, 3.63) is 64.3 Å². The molecule has 4 unspecified atom stereocenters. The second kappa shape index (κ2) is 15.7. The fourth-order valence-corrected chi connectivity index (χ4v) is 6.00. The molecule has 0 bridgehead atoms. The Morgan fingerprint density at radius 3 is 2.12 bits per heavy atom. The highest BCUT2D eigenvalue weighted by Gasteiger charge is 2.51. The molecule has 20 heteroatoms. The number of carbonyl (C=O) groups is 1. The van der Waals surface area contributed by atoms with Gasteiger partial charge in [0.25, 0.3) is 0 Å². The lowest BCUT2D eigenvalue weighted by atomic mass is 9.97. The van der Waals surface area contributed by atoms with E-state index >= 15 is 0 Å². The molecule has 6 rings (SSSR count). The summed E-state index contributed by atoms with van der Waals surface area (Å²) in [6, 6.07) is 7.24. The minimum atomic E-state index is -2.06. The molecule has 56 heavy (non-hydrogen) atoms. The zero-order chi connectivity index (χ0) is 40.7. The quantitative estimate of drug-likeness (QED) is 0.0588. The van der Waals surface area contributed by atoms with Crippen LogP contribution in [0.3, 0.4) is 0 Å². The molecule has 3 heterocycles. The zero-order valence-corrected chi connectivity index (χ0v) is 28.8. The van der Waals surface area contributed by atoms with Crippen molar-refractivity contribution in [3.8, 4) is 57.3 Å². The minimum Gasteiger partial charge on any atom is -0.508 e. The van der Waals surface area contributed by atoms with E-state index in [2.05, 4.69) is 0 Å². The Hall–Kier alpha value is -5.84. The number of phenols is 7. The third-order valence-corrected chi connectivity index (χ3v) is 9.03. The SMILES string of the molecule is CC1O[C@@H](Oc2c(-c3cc(O)c(O)c(O)c3)oc3cc(O)cc(O)c3c2=O)[C@@H](O[C@@H]2OC(COC(=O)/C=C/c3ccc(O)c(O)c3)[C@@H](O)C(O)[C@@H]2O)C(O)[C@H]1O. The molecule has 0 aliphatic carbocycles. The summed E-state index contributed by atoms with van der Waals surface area (Å²) in [5, 5.41) is 124. The first-order chi connectivity index (χ1) is 26.4. The topological polar surface area (TPSA) is 336 Å². The van der Waals surface area contributed by atoms with Crippen molar-refractivity contribution in [2.75, 3.05) is 6.61 Å². The van der Waals surface area contributed by atoms with Crippen LogP contribution in [-0.2, 0) is 23.7 Å². The van der Waals surface area contributed by atoms with E-state index in [1.807, 2.05) is 0 Å². The van der Waals surface area contributed by atoms with Crippen LogP contribution in [0.5, 0.6) is 46.0 Å². The molecule has 4 aromatic rings. The number of aliphatic hydroxyl groups excluding tert-OH is 5. The maximum Gasteiger partial charge on any atom is 0.330 e. The number of ether oxygens (including phenoxy) is 5. The fraction of sp³-hybridized carbons (Fsp3) is 0.333. The molecule has 3 aromatic carbocycles. The van der Waals surface area contributed by atoms with E-state index in [-0.39, 0.29) is 11.3 Å². The van der Waals surface area contributed by atoms with Gasteiger partial charge in [-0.2, -0.15) is 0 Å². The molecule has 10 atom stereocenters. The monoisotopic (exact) mass is 788 g/mol. The molecule has 1 aromatic heterocycles. The first-order valence-corrected chi connectivity index (χ1v) is 16.6. The van der Waals surface area contributed by atoms with E-state index in [1.165, 1.54) is 25.1 Å². The number of aromatic hydroxyl groups is 7. The van der Waals surface area contributed by atoms with E-state index in [9.17, 15) is 70.9 Å². The van der Waals surface area contributed by atoms with Gasteiger partial charge in [0.15, 0.2) is 46.9 Å². The van der Waals surface area contributed by atoms with Gasteiger partial charge in [-0.15, -0.1) is 0 Å². The van der Waals surface area contributed by atoms with Gasteiger partial charge in [0.2, 0.25) is 17.5 Å². The van der Waals surface area contributed by atoms with Gasteiger partial charge < -0.3 is 89.4 Å². The van der Waals surface area contributed by atoms with Crippen molar-refractivity contribution in [2.45, 2.75) is 68.3 Å². The maximum atomic E-state index is 13.9. The number of hydrogen-bond donors (Lipinski definition) is 12. The van der Waals surface area contributed by atoms with Gasteiger partial charge in [-0.25, -0.2) is 4.79 Å². The van der Waals surface area contributed by atoms with E-state index in [0.29, 0.717) is 5.56 Å². The summed E-state index contributed by atoms with van der Waals surface area (Å²) in [5.41, 5.74) is -1.53. The number of aliphatic hydroxyl groups is 5. The van der Waals surface area contributed by atoms with Gasteiger partial charge in [-0.3, -0.25) is 4.79 Å². The van der Waals surface area contributed by atoms with Gasteiger partial charge in [0.1, 0.15) is 65.7 Å². The lowest BCUT2D eigenvalue weighted by Gasteiger charge is -2.45. The van der Waals surface area contributed by atoms with Crippen molar-refractivity contribution in [3.63, 3.8) is 0 Å². The number of fused-ring (bicyclic) bond motifs is 1. The van der Waals surface area contributed by atoms with Gasteiger partial charge in [0, 0.05) is 23.8 Å². The smallest absolute Gasteiger partial charge is 0.330 e. The number of esters is 1. The molecule has 2 fully saturated rings. The van der Waals surface area contributed by atoms with E-state index < -0.39 is 136 Å². The maximum absolute atomic E-state index is 13.9. The lowest BCUT2D eigenvalue weighted by molar-refractivity contribution is -0.355. The molecule has 0 spiro atoms. The molecule has 2 aliphatic rings. The number of hydrogen-bond acceptors (Lipinski definition) is 20. The molecular formula is C36H36O20. The van der Waals surface area contributed by atoms with Crippen molar-refractivity contribution in [1.29, 1.82) is 0 Å². The Labute approximate surface area is 313 Å². The van der Waals surface area contributed by atoms with Crippen LogP contribution in [0.4, 0.5) is 0 Å². The zero-order valence-electron chi connectivity index (χ0n) is 28.8. The molecule has 2 saturated heterocycles. The van der Waals surface area contributed by atoms with Gasteiger partial charge in [-0.05, 0) is 42.8 Å². The number of benzene rings is 3. The fourth-order valence-electron chi connectivity index (χ4n) is 6.00. The third-order valence-electron chi connectivity index (χ3n) is 9.03. The lowest BCUT2D eigenvalue weighted by Crippen LogP contribution is -2.64. The second-order valence-electron chi connectivity index (χ2n) is 12.9. The van der Waals surface area contributed by atoms with E-state index in [4.69, 9.17) is 28.1 Å². The molecule has 2 aliphatic heterocycles. The number of phenolic OH excluding ortho intramolecular Hbond substituents is 7. The Kier molecular flexibility index (Phi) is 11.2. The summed E-state index contributed by atoms with van der Waals surface area (Å²) in [6.45, 7) is 0.579. The molecule has 12 N–H and O–H groups in total. The molecule has 0 saturated carbocycles. The summed E-state index contributed by atoms with van der Waals surface area (Å²) >= 11 is 0. The van der Waals surface area contributed by atoms with Crippen LogP contribution in [0.15, 0.2) is 57.8 Å². The van der Waals surface area contributed by atoms with Crippen LogP contribution in [0.25, 0.3) is 28.4 Å². The van der Waals surface area contributed by atoms with Crippen molar-refractivity contribution < 1.29 is 94.2 Å². The summed E-state index contributed by atoms with van der Waals surface area (Å²) in [4.78, 5) is 26.4. The average Bonchev–Trinajstić information content (AvgIpc) is 3.14. The van der Waals surface area contributed by atoms with Gasteiger partial charge >= 0.3 is 5.97 Å². The molecule has 0 amide bonds. The van der Waals surface area contributed by atoms with Crippen LogP contribution < -0.4 is 10.2 Å². The van der Waals surface area contributed by atoms with Crippen LogP contribution >= 0.6 is 0 Å². The van der Waals surface area contributed by atoms with Gasteiger partial charge in [0.05, 0.1) is 6.10 Å². The van der Waals surface area contributed by atoms with Crippen LogP contribution in [-0.4, -0.2) is 135 Å². The summed E-state index contributed by atoms with van der Waals surface area (Å²) in [5.74, 6) is -7.17. The third kappa shape index (κ3) is 7.80. The Bertz CT molecular complexity index is 2180. The van der Waals surface area contributed by atoms with Crippen LogP contribution in [0.1, 0.15) is 12.5 Å². The highest BCUT2D eigenvalue weighted by molar-refractivity contribution is 5.89. The highest BCUT2D eigenvalue weighted by Crippen LogP contribution is 2.43. The van der Waals surface area contributed by atoms with E-state index in [0.717, 1.165) is 36.4 Å². The summed E-state index contributed by atoms with van der Waals surface area (Å²) in [6.07, 6.45) is -16.1. The number of carbonyl (C=O) groups excluding carboxylic acids is 1. The Morgan fingerprint density at radius 2 is 1.45 bits per heavy atom. The van der Waals surface area contributed by atoms with Crippen LogP contribution in [0.2, 0.25) is 0 Å². The summed E-state index contributed by atoms with van der Waals surface area (Å²) in [7, 11) is 0. The number of rotatable bonds is 9. The molecule has 20 nitrogen and oxygen atoms in total. The largest absolute Gasteiger partial charge is 0.508 e. The molecule has 300 valence electrons. The molecule has 0 radical (unpaired) electrons. The molecular weight excluding hydrogens is 752 g/mol. The average molecular weight is 789 g/mol. The summed E-state index contributed by atoms with van der Waals surface area (Å²) < 4.78 is 33.9. The Morgan fingerprint density at radius 1 is 0.750 bits per heavy atom. The van der Waals surface area contributed by atoms with Crippen molar-refractivity contribution >= 4 is 23.0 Å². The van der Waals surface area contributed by atoms with Crippen LogP contribution in [0, 0.1) is 0 Å². The standard InChI is InChI=1S/C36H36O20/c1-12-25(44)30(49)34(56-35-31(50)29(48)27(46)22(54-35)11-51-23(43)5-3-13-2-4-16(38)17(39)6-13)36(52-12)55-33-28(47)24-18(40)9-15(37)10-21(24)53-32(33)14-7-19(41)26(45)20(42)8-14/h2-10,12,22,25,27,29-31,34-42,44-46,48-50H,11H2,1H3/b5-3+/t12?,22?,25-,27+,29?,30?,31-,34-,35-,36-/m0/s1. The highest BCUT2D eigenvalue weighted by atomic mass is 16.8. The first-order valence-electron chi connectivity index (χ1n) is 16.6. The Balaban J connectivity index is 1.29. The predicted octanol–water partition coefficient (Wildman–Crippen LogP) is -0.306. The van der Waals surface area contributed by atoms with Gasteiger partial charge in [-0.1, -0.05) is 6.07 Å². The van der Waals surface area contributed by atoms with Crippen molar-refractivity contribution in [2.24, 2.45) is 0 Å².